The minimum atomic E-state index is 0.733. The average Bonchev–Trinajstić information content (AvgIpc) is 2.62. The molecule has 1 fully saturated rings. The number of rotatable bonds is 2. The van der Waals surface area contributed by atoms with Crippen LogP contribution >= 0.6 is 0 Å². The maximum Gasteiger partial charge on any atom is 0.138 e. The zero-order valence-electron chi connectivity index (χ0n) is 12.1. The summed E-state index contributed by atoms with van der Waals surface area (Å²) < 4.78 is 5.45. The van der Waals surface area contributed by atoms with Gasteiger partial charge in [-0.2, -0.15) is 0 Å². The predicted molar refractivity (Wildman–Crippen MR) is 85.8 cm³/mol. The molecule has 0 spiro atoms. The van der Waals surface area contributed by atoms with Crippen molar-refractivity contribution in [1.82, 2.24) is 15.0 Å². The molecule has 0 aromatic carbocycles. The van der Waals surface area contributed by atoms with E-state index in [1.165, 1.54) is 0 Å². The molecule has 0 aliphatic carbocycles. The lowest BCUT2D eigenvalue weighted by Crippen LogP contribution is -2.37. The summed E-state index contributed by atoms with van der Waals surface area (Å²) in [4.78, 5) is 16.0. The van der Waals surface area contributed by atoms with E-state index in [1.54, 1.807) is 6.20 Å². The molecule has 1 aliphatic heterocycles. The summed E-state index contributed by atoms with van der Waals surface area (Å²) in [6.07, 6.45) is 3.60. The van der Waals surface area contributed by atoms with Gasteiger partial charge in [-0.3, -0.25) is 9.97 Å². The lowest BCUT2D eigenvalue weighted by molar-refractivity contribution is 0.122. The second-order valence-corrected chi connectivity index (χ2v) is 5.22. The normalized spacial score (nSPS) is 15.2. The van der Waals surface area contributed by atoms with Crippen molar-refractivity contribution >= 4 is 16.7 Å². The summed E-state index contributed by atoms with van der Waals surface area (Å²) in [6, 6.07) is 11.9. The highest BCUT2D eigenvalue weighted by molar-refractivity contribution is 5.92. The maximum atomic E-state index is 5.45. The monoisotopic (exact) mass is 292 g/mol. The van der Waals surface area contributed by atoms with E-state index in [-0.39, 0.29) is 0 Å². The fourth-order valence-electron chi connectivity index (χ4n) is 2.72. The van der Waals surface area contributed by atoms with Crippen molar-refractivity contribution in [2.45, 2.75) is 0 Å². The minimum absolute atomic E-state index is 0.733. The van der Waals surface area contributed by atoms with E-state index in [9.17, 15) is 0 Å². The van der Waals surface area contributed by atoms with Gasteiger partial charge in [-0.25, -0.2) is 4.98 Å². The molecule has 0 amide bonds. The van der Waals surface area contributed by atoms with Crippen molar-refractivity contribution in [2.75, 3.05) is 31.2 Å². The molecule has 0 N–H and O–H groups in total. The fourth-order valence-corrected chi connectivity index (χ4v) is 2.72. The Kier molecular flexibility index (Phi) is 3.40. The van der Waals surface area contributed by atoms with Gasteiger partial charge in [0, 0.05) is 30.9 Å². The standard InChI is InChI=1S/C17H16N4O/c1-2-6-18-14(5-1)16-12-15-13(4-3-7-19-15)17(20-16)21-8-10-22-11-9-21/h1-7,12H,8-11H2. The van der Waals surface area contributed by atoms with Crippen LogP contribution in [0.3, 0.4) is 0 Å². The van der Waals surface area contributed by atoms with Gasteiger partial charge in [-0.05, 0) is 30.3 Å². The van der Waals surface area contributed by atoms with E-state index < -0.39 is 0 Å². The van der Waals surface area contributed by atoms with Gasteiger partial charge >= 0.3 is 0 Å². The Morgan fingerprint density at radius 2 is 1.77 bits per heavy atom. The van der Waals surface area contributed by atoms with Gasteiger partial charge < -0.3 is 9.64 Å². The first kappa shape index (κ1) is 13.2. The van der Waals surface area contributed by atoms with Crippen molar-refractivity contribution < 1.29 is 4.74 Å². The number of morpholine rings is 1. The van der Waals surface area contributed by atoms with Crippen LogP contribution in [-0.4, -0.2) is 41.3 Å². The molecule has 3 aromatic rings. The molecule has 4 rings (SSSR count). The van der Waals surface area contributed by atoms with Crippen LogP contribution in [0.25, 0.3) is 22.3 Å². The Hall–Kier alpha value is -2.53. The molecular weight excluding hydrogens is 276 g/mol. The number of anilines is 1. The van der Waals surface area contributed by atoms with Gasteiger partial charge in [0.1, 0.15) is 5.82 Å². The summed E-state index contributed by atoms with van der Waals surface area (Å²) in [6.45, 7) is 3.17. The lowest BCUT2D eigenvalue weighted by Gasteiger charge is -2.29. The van der Waals surface area contributed by atoms with E-state index in [0.29, 0.717) is 0 Å². The zero-order valence-corrected chi connectivity index (χ0v) is 12.1. The van der Waals surface area contributed by atoms with Crippen LogP contribution in [0.5, 0.6) is 0 Å². The third kappa shape index (κ3) is 2.40. The molecule has 3 aromatic heterocycles. The molecule has 1 saturated heterocycles. The first-order valence-corrected chi connectivity index (χ1v) is 7.42. The second-order valence-electron chi connectivity index (χ2n) is 5.22. The Bertz CT molecular complexity index is 785. The molecule has 0 saturated carbocycles. The van der Waals surface area contributed by atoms with Gasteiger partial charge in [0.05, 0.1) is 30.1 Å². The first-order chi connectivity index (χ1) is 10.9. The molecule has 0 radical (unpaired) electrons. The summed E-state index contributed by atoms with van der Waals surface area (Å²) in [5, 5.41) is 1.07. The van der Waals surface area contributed by atoms with E-state index in [4.69, 9.17) is 9.72 Å². The smallest absolute Gasteiger partial charge is 0.138 e. The molecule has 1 aliphatic rings. The van der Waals surface area contributed by atoms with Crippen LogP contribution in [0.1, 0.15) is 0 Å². The Morgan fingerprint density at radius 1 is 0.909 bits per heavy atom. The van der Waals surface area contributed by atoms with Gasteiger partial charge in [-0.1, -0.05) is 6.07 Å². The van der Waals surface area contributed by atoms with Gasteiger partial charge in [0.25, 0.3) is 0 Å². The van der Waals surface area contributed by atoms with Crippen LogP contribution in [-0.2, 0) is 4.74 Å². The van der Waals surface area contributed by atoms with Crippen molar-refractivity contribution in [3.63, 3.8) is 0 Å². The molecule has 22 heavy (non-hydrogen) atoms. The number of pyridine rings is 3. The molecule has 0 bridgehead atoms. The molecule has 5 heteroatoms. The van der Waals surface area contributed by atoms with Crippen LogP contribution in [0.2, 0.25) is 0 Å². The molecule has 4 heterocycles. The highest BCUT2D eigenvalue weighted by atomic mass is 16.5. The minimum Gasteiger partial charge on any atom is -0.378 e. The van der Waals surface area contributed by atoms with Gasteiger partial charge in [0.15, 0.2) is 0 Å². The molecular formula is C17H16N4O. The fraction of sp³-hybridized carbons (Fsp3) is 0.235. The largest absolute Gasteiger partial charge is 0.378 e. The predicted octanol–water partition coefficient (Wildman–Crippen LogP) is 2.53. The van der Waals surface area contributed by atoms with Crippen molar-refractivity contribution in [3.05, 3.63) is 48.8 Å². The SMILES string of the molecule is c1ccc(-c2cc3ncccc3c(N3CCOCC3)n2)nc1. The number of hydrogen-bond donors (Lipinski definition) is 0. The lowest BCUT2D eigenvalue weighted by atomic mass is 10.1. The number of fused-ring (bicyclic) bond motifs is 1. The Morgan fingerprint density at radius 3 is 2.59 bits per heavy atom. The molecule has 5 nitrogen and oxygen atoms in total. The quantitative estimate of drug-likeness (QED) is 0.726. The molecule has 110 valence electrons. The topological polar surface area (TPSA) is 51.1 Å². The van der Waals surface area contributed by atoms with Crippen molar-refractivity contribution in [3.8, 4) is 11.4 Å². The number of hydrogen-bond acceptors (Lipinski definition) is 5. The third-order valence-corrected chi connectivity index (χ3v) is 3.82. The zero-order chi connectivity index (χ0) is 14.8. The van der Waals surface area contributed by atoms with E-state index in [2.05, 4.69) is 20.9 Å². The first-order valence-electron chi connectivity index (χ1n) is 7.42. The van der Waals surface area contributed by atoms with Crippen LogP contribution in [0.4, 0.5) is 5.82 Å². The molecule has 0 unspecified atom stereocenters. The summed E-state index contributed by atoms with van der Waals surface area (Å²) >= 11 is 0. The number of nitrogens with zero attached hydrogens (tertiary/aromatic N) is 4. The van der Waals surface area contributed by atoms with Crippen LogP contribution < -0.4 is 4.90 Å². The molecule has 0 atom stereocenters. The van der Waals surface area contributed by atoms with Crippen molar-refractivity contribution in [2.24, 2.45) is 0 Å². The Balaban J connectivity index is 1.89. The number of aromatic nitrogens is 3. The highest BCUT2D eigenvalue weighted by Crippen LogP contribution is 2.28. The van der Waals surface area contributed by atoms with E-state index in [1.807, 2.05) is 36.5 Å². The summed E-state index contributed by atoms with van der Waals surface area (Å²) in [7, 11) is 0. The number of ether oxygens (including phenoxy) is 1. The van der Waals surface area contributed by atoms with E-state index in [0.717, 1.165) is 54.4 Å². The van der Waals surface area contributed by atoms with Gasteiger partial charge in [-0.15, -0.1) is 0 Å². The second kappa shape index (κ2) is 5.69. The van der Waals surface area contributed by atoms with Crippen LogP contribution in [0, 0.1) is 0 Å². The van der Waals surface area contributed by atoms with Gasteiger partial charge in [0.2, 0.25) is 0 Å². The highest BCUT2D eigenvalue weighted by Gasteiger charge is 2.17. The summed E-state index contributed by atoms with van der Waals surface area (Å²) in [5.74, 6) is 0.967. The maximum absolute atomic E-state index is 5.45. The van der Waals surface area contributed by atoms with E-state index >= 15 is 0 Å². The summed E-state index contributed by atoms with van der Waals surface area (Å²) in [5.41, 5.74) is 2.66. The average molecular weight is 292 g/mol. The third-order valence-electron chi connectivity index (χ3n) is 3.82. The Labute approximate surface area is 128 Å². The van der Waals surface area contributed by atoms with Crippen molar-refractivity contribution in [1.29, 1.82) is 0 Å². The van der Waals surface area contributed by atoms with Crippen LogP contribution in [0.15, 0.2) is 48.8 Å².